The number of amides is 1. The SMILES string of the molecule is Cc1noc(C)c1-c1cc(NC(=O)C2CC23CCOCC3)ccc1OC[C@H]1CCCCN1. The summed E-state index contributed by atoms with van der Waals surface area (Å²) in [5.74, 6) is 1.73. The Morgan fingerprint density at radius 3 is 2.84 bits per heavy atom. The smallest absolute Gasteiger partial charge is 0.228 e. The van der Waals surface area contributed by atoms with Crippen LogP contribution in [0.5, 0.6) is 5.75 Å². The van der Waals surface area contributed by atoms with Crippen LogP contribution in [0.3, 0.4) is 0 Å². The van der Waals surface area contributed by atoms with Gasteiger partial charge in [-0.25, -0.2) is 0 Å². The van der Waals surface area contributed by atoms with Crippen molar-refractivity contribution in [1.82, 2.24) is 10.5 Å². The lowest BCUT2D eigenvalue weighted by atomic mass is 9.93. The van der Waals surface area contributed by atoms with E-state index < -0.39 is 0 Å². The van der Waals surface area contributed by atoms with Crippen LogP contribution in [-0.2, 0) is 9.53 Å². The summed E-state index contributed by atoms with van der Waals surface area (Å²) in [5.41, 5.74) is 3.59. The van der Waals surface area contributed by atoms with Gasteiger partial charge in [-0.3, -0.25) is 4.79 Å². The zero-order chi connectivity index (χ0) is 22.1. The summed E-state index contributed by atoms with van der Waals surface area (Å²) < 4.78 is 17.2. The van der Waals surface area contributed by atoms with Crippen LogP contribution in [0.25, 0.3) is 11.1 Å². The van der Waals surface area contributed by atoms with E-state index in [0.717, 1.165) is 79.5 Å². The molecule has 7 heteroatoms. The third-order valence-corrected chi connectivity index (χ3v) is 7.40. The molecule has 2 N–H and O–H groups in total. The lowest BCUT2D eigenvalue weighted by Gasteiger charge is -2.24. The molecular formula is C25H33N3O4. The fourth-order valence-corrected chi connectivity index (χ4v) is 5.33. The molecule has 0 bridgehead atoms. The molecule has 2 atom stereocenters. The number of piperidine rings is 1. The van der Waals surface area contributed by atoms with Crippen molar-refractivity contribution in [2.24, 2.45) is 11.3 Å². The van der Waals surface area contributed by atoms with E-state index in [1.807, 2.05) is 32.0 Å². The third-order valence-electron chi connectivity index (χ3n) is 7.40. The Bertz CT molecular complexity index is 954. The van der Waals surface area contributed by atoms with Crippen molar-refractivity contribution < 1.29 is 18.8 Å². The molecule has 3 fully saturated rings. The lowest BCUT2D eigenvalue weighted by molar-refractivity contribution is -0.118. The van der Waals surface area contributed by atoms with Crippen molar-refractivity contribution in [3.63, 3.8) is 0 Å². The topological polar surface area (TPSA) is 85.6 Å². The van der Waals surface area contributed by atoms with E-state index in [1.54, 1.807) is 0 Å². The molecule has 1 amide bonds. The Morgan fingerprint density at radius 2 is 2.12 bits per heavy atom. The molecule has 1 aromatic carbocycles. The molecule has 0 radical (unpaired) electrons. The number of carbonyl (C=O) groups is 1. The molecule has 1 saturated carbocycles. The van der Waals surface area contributed by atoms with Gasteiger partial charge >= 0.3 is 0 Å². The summed E-state index contributed by atoms with van der Waals surface area (Å²) in [6, 6.07) is 6.25. The largest absolute Gasteiger partial charge is 0.491 e. The first-order valence-corrected chi connectivity index (χ1v) is 11.9. The number of hydrogen-bond acceptors (Lipinski definition) is 6. The number of aryl methyl sites for hydroxylation is 2. The predicted molar refractivity (Wildman–Crippen MR) is 122 cm³/mol. The average molecular weight is 440 g/mol. The van der Waals surface area contributed by atoms with Gasteiger partial charge in [-0.2, -0.15) is 0 Å². The minimum absolute atomic E-state index is 0.0854. The molecule has 2 aromatic rings. The summed E-state index contributed by atoms with van der Waals surface area (Å²) >= 11 is 0. The van der Waals surface area contributed by atoms with E-state index >= 15 is 0 Å². The second kappa shape index (κ2) is 8.87. The molecule has 1 unspecified atom stereocenters. The molecule has 172 valence electrons. The Labute approximate surface area is 189 Å². The van der Waals surface area contributed by atoms with E-state index in [1.165, 1.54) is 12.8 Å². The van der Waals surface area contributed by atoms with Crippen LogP contribution in [0.15, 0.2) is 22.7 Å². The Hall–Kier alpha value is -2.38. The summed E-state index contributed by atoms with van der Waals surface area (Å²) in [7, 11) is 0. The van der Waals surface area contributed by atoms with E-state index in [2.05, 4.69) is 15.8 Å². The van der Waals surface area contributed by atoms with Crippen molar-refractivity contribution in [2.45, 2.75) is 58.4 Å². The van der Waals surface area contributed by atoms with Crippen LogP contribution in [-0.4, -0.2) is 43.5 Å². The standard InChI is InChI=1S/C25H33N3O4/c1-16-23(17(2)32-28-16)20-13-18(6-7-22(20)31-15-19-5-3-4-10-26-19)27-24(29)21-14-25(21)8-11-30-12-9-25/h6-7,13,19,21,26H,3-5,8-12,14-15H2,1-2H3,(H,27,29)/t19-,21?/m1/s1. The number of rotatable bonds is 6. The first kappa shape index (κ1) is 21.5. The second-order valence-corrected chi connectivity index (χ2v) is 9.59. The van der Waals surface area contributed by atoms with Crippen LogP contribution in [0.2, 0.25) is 0 Å². The van der Waals surface area contributed by atoms with Gasteiger partial charge < -0.3 is 24.6 Å². The van der Waals surface area contributed by atoms with Crippen LogP contribution < -0.4 is 15.4 Å². The highest BCUT2D eigenvalue weighted by molar-refractivity contribution is 5.96. The highest BCUT2D eigenvalue weighted by atomic mass is 16.5. The van der Waals surface area contributed by atoms with Crippen LogP contribution in [0, 0.1) is 25.2 Å². The quantitative estimate of drug-likeness (QED) is 0.700. The average Bonchev–Trinajstić information content (AvgIpc) is 3.40. The Morgan fingerprint density at radius 1 is 1.28 bits per heavy atom. The first-order valence-electron chi connectivity index (χ1n) is 11.9. The zero-order valence-electron chi connectivity index (χ0n) is 19.0. The van der Waals surface area contributed by atoms with Crippen molar-refractivity contribution in [1.29, 1.82) is 0 Å². The molecule has 2 saturated heterocycles. The molecule has 7 nitrogen and oxygen atoms in total. The van der Waals surface area contributed by atoms with Crippen LogP contribution in [0.4, 0.5) is 5.69 Å². The zero-order valence-corrected chi connectivity index (χ0v) is 19.0. The highest BCUT2D eigenvalue weighted by Crippen LogP contribution is 2.59. The van der Waals surface area contributed by atoms with Crippen molar-refractivity contribution >= 4 is 11.6 Å². The molecule has 3 heterocycles. The van der Waals surface area contributed by atoms with Gasteiger partial charge in [0, 0.05) is 36.4 Å². The summed E-state index contributed by atoms with van der Waals surface area (Å²) in [5, 5.41) is 10.8. The molecule has 32 heavy (non-hydrogen) atoms. The van der Waals surface area contributed by atoms with E-state index in [-0.39, 0.29) is 17.2 Å². The second-order valence-electron chi connectivity index (χ2n) is 9.59. The summed E-state index contributed by atoms with van der Waals surface area (Å²) in [4.78, 5) is 13.0. The number of nitrogens with one attached hydrogen (secondary N) is 2. The van der Waals surface area contributed by atoms with Crippen molar-refractivity contribution in [3.8, 4) is 16.9 Å². The molecule has 1 aliphatic carbocycles. The van der Waals surface area contributed by atoms with Crippen LogP contribution in [0.1, 0.15) is 50.0 Å². The van der Waals surface area contributed by atoms with Gasteiger partial charge in [0.15, 0.2) is 0 Å². The Balaban J connectivity index is 1.35. The Kier molecular flexibility index (Phi) is 5.95. The minimum Gasteiger partial charge on any atom is -0.491 e. The van der Waals surface area contributed by atoms with Gasteiger partial charge in [0.25, 0.3) is 0 Å². The van der Waals surface area contributed by atoms with Gasteiger partial charge in [0.1, 0.15) is 18.1 Å². The number of anilines is 1. The first-order chi connectivity index (χ1) is 15.6. The highest BCUT2D eigenvalue weighted by Gasteiger charge is 2.58. The monoisotopic (exact) mass is 439 g/mol. The number of nitrogens with zero attached hydrogens (tertiary/aromatic N) is 1. The molecule has 1 aromatic heterocycles. The number of benzene rings is 1. The predicted octanol–water partition coefficient (Wildman–Crippen LogP) is 4.23. The number of carbonyl (C=O) groups excluding carboxylic acids is 1. The molecule has 3 aliphatic rings. The maximum absolute atomic E-state index is 13.0. The molecule has 1 spiro atoms. The van der Waals surface area contributed by atoms with Gasteiger partial charge in [0.2, 0.25) is 5.91 Å². The third kappa shape index (κ3) is 4.28. The van der Waals surface area contributed by atoms with E-state index in [9.17, 15) is 4.79 Å². The van der Waals surface area contributed by atoms with Crippen LogP contribution >= 0.6 is 0 Å². The number of hydrogen-bond donors (Lipinski definition) is 2. The molecular weight excluding hydrogens is 406 g/mol. The summed E-state index contributed by atoms with van der Waals surface area (Å²) in [6.45, 7) is 7.04. The van der Waals surface area contributed by atoms with Gasteiger partial charge in [-0.15, -0.1) is 0 Å². The summed E-state index contributed by atoms with van der Waals surface area (Å²) in [6.07, 6.45) is 6.52. The van der Waals surface area contributed by atoms with E-state index in [4.69, 9.17) is 14.0 Å². The fraction of sp³-hybridized carbons (Fsp3) is 0.600. The van der Waals surface area contributed by atoms with Gasteiger partial charge in [-0.05, 0) is 76.1 Å². The number of ether oxygens (including phenoxy) is 2. The van der Waals surface area contributed by atoms with Gasteiger partial charge in [0.05, 0.1) is 11.3 Å². The fourth-order valence-electron chi connectivity index (χ4n) is 5.33. The van der Waals surface area contributed by atoms with E-state index in [0.29, 0.717) is 12.6 Å². The normalized spacial score (nSPS) is 24.3. The maximum atomic E-state index is 13.0. The maximum Gasteiger partial charge on any atom is 0.228 e. The van der Waals surface area contributed by atoms with Crippen molar-refractivity contribution in [3.05, 3.63) is 29.7 Å². The lowest BCUT2D eigenvalue weighted by Crippen LogP contribution is -2.38. The molecule has 2 aliphatic heterocycles. The molecule has 5 rings (SSSR count). The minimum atomic E-state index is 0.0854. The van der Waals surface area contributed by atoms with Crippen molar-refractivity contribution in [2.75, 3.05) is 31.7 Å². The number of aromatic nitrogens is 1. The van der Waals surface area contributed by atoms with Gasteiger partial charge in [-0.1, -0.05) is 11.6 Å².